The predicted octanol–water partition coefficient (Wildman–Crippen LogP) is -0.131. The molecule has 0 bridgehead atoms. The number of carboxylic acids is 1. The van der Waals surface area contributed by atoms with Crippen molar-refractivity contribution in [3.8, 4) is 0 Å². The van der Waals surface area contributed by atoms with Gasteiger partial charge in [0.15, 0.2) is 0 Å². The van der Waals surface area contributed by atoms with E-state index < -0.39 is 12.0 Å². The molecular formula is C9H19N3O3. The number of carbonyl (C=O) groups excluding carboxylic acids is 1. The first kappa shape index (κ1) is 16.2. The summed E-state index contributed by atoms with van der Waals surface area (Å²) in [6.07, 6.45) is 3.56. The van der Waals surface area contributed by atoms with Crippen LogP contribution in [0.25, 0.3) is 0 Å². The molecule has 0 aromatic rings. The van der Waals surface area contributed by atoms with Gasteiger partial charge < -0.3 is 16.6 Å². The molecule has 0 aliphatic carbocycles. The molecule has 0 rings (SSSR count). The second-order valence-corrected chi connectivity index (χ2v) is 2.79. The van der Waals surface area contributed by atoms with Crippen molar-refractivity contribution in [2.75, 3.05) is 13.1 Å². The first-order chi connectivity index (χ1) is 7.09. The van der Waals surface area contributed by atoms with Gasteiger partial charge in [-0.15, -0.1) is 0 Å². The topological polar surface area (TPSA) is 119 Å². The van der Waals surface area contributed by atoms with Gasteiger partial charge in [0, 0.05) is 6.54 Å². The molecule has 0 heterocycles. The third-order valence-electron chi connectivity index (χ3n) is 1.51. The predicted molar refractivity (Wildman–Crippen MR) is 57.2 cm³/mol. The fourth-order valence-corrected chi connectivity index (χ4v) is 0.697. The van der Waals surface area contributed by atoms with Crippen molar-refractivity contribution in [1.29, 1.82) is 0 Å². The summed E-state index contributed by atoms with van der Waals surface area (Å²) in [5, 5.41) is 8.33. The molecule has 6 nitrogen and oxygen atoms in total. The van der Waals surface area contributed by atoms with E-state index in [0.717, 1.165) is 12.8 Å². The number of unbranched alkanes of at least 4 members (excludes halogenated alkanes) is 1. The number of rotatable bonds is 6. The molecule has 0 aliphatic heterocycles. The van der Waals surface area contributed by atoms with E-state index in [1.165, 1.54) is 6.08 Å². The van der Waals surface area contributed by atoms with Crippen molar-refractivity contribution >= 4 is 12.0 Å². The standard InChI is InChI=1S/C6H14N2O2.C3H5NO/c7-4-2-1-3-5(8)6(9)10;1-2-4-3-5/h5H,1-4,7-8H2,(H,9,10);2H2,1H3/t5-;/m0./s1. The van der Waals surface area contributed by atoms with E-state index in [2.05, 4.69) is 4.99 Å². The van der Waals surface area contributed by atoms with Gasteiger partial charge in [0.05, 0.1) is 0 Å². The van der Waals surface area contributed by atoms with E-state index in [9.17, 15) is 4.79 Å². The molecule has 15 heavy (non-hydrogen) atoms. The number of aliphatic carboxylic acids is 1. The minimum Gasteiger partial charge on any atom is -0.480 e. The van der Waals surface area contributed by atoms with E-state index in [-0.39, 0.29) is 0 Å². The van der Waals surface area contributed by atoms with Crippen LogP contribution in [0.2, 0.25) is 0 Å². The minimum absolute atomic E-state index is 0.520. The number of hydrogen-bond acceptors (Lipinski definition) is 5. The highest BCUT2D eigenvalue weighted by Crippen LogP contribution is 1.96. The lowest BCUT2D eigenvalue weighted by molar-refractivity contribution is -0.138. The SMILES string of the molecule is CCN=C=O.NCCCC[C@H](N)C(=O)O. The second kappa shape index (κ2) is 12.8. The number of nitrogens with two attached hydrogens (primary N) is 2. The van der Waals surface area contributed by atoms with Gasteiger partial charge in [0.2, 0.25) is 6.08 Å². The van der Waals surface area contributed by atoms with Gasteiger partial charge in [-0.3, -0.25) is 4.79 Å². The number of aliphatic imine (C=N–C) groups is 1. The van der Waals surface area contributed by atoms with Gasteiger partial charge in [-0.05, 0) is 26.3 Å². The molecule has 0 aromatic carbocycles. The molecule has 0 aromatic heterocycles. The molecule has 0 amide bonds. The van der Waals surface area contributed by atoms with Crippen LogP contribution < -0.4 is 11.5 Å². The molecule has 5 N–H and O–H groups in total. The average Bonchev–Trinajstić information content (AvgIpc) is 2.20. The molecule has 0 unspecified atom stereocenters. The summed E-state index contributed by atoms with van der Waals surface area (Å²) in [5.41, 5.74) is 10.4. The number of carbonyl (C=O) groups is 1. The number of hydrogen-bond donors (Lipinski definition) is 3. The van der Waals surface area contributed by atoms with Crippen LogP contribution in [0.4, 0.5) is 0 Å². The van der Waals surface area contributed by atoms with Gasteiger partial charge in [-0.1, -0.05) is 6.42 Å². The summed E-state index contributed by atoms with van der Waals surface area (Å²) in [6, 6.07) is -0.716. The molecular weight excluding hydrogens is 198 g/mol. The van der Waals surface area contributed by atoms with Crippen molar-refractivity contribution in [2.24, 2.45) is 16.5 Å². The Morgan fingerprint density at radius 2 is 2.13 bits per heavy atom. The van der Waals surface area contributed by atoms with Crippen molar-refractivity contribution in [1.82, 2.24) is 0 Å². The van der Waals surface area contributed by atoms with Gasteiger partial charge in [0.1, 0.15) is 6.04 Å². The Morgan fingerprint density at radius 3 is 2.40 bits per heavy atom. The Balaban J connectivity index is 0. The zero-order valence-corrected chi connectivity index (χ0v) is 8.98. The number of isocyanates is 1. The van der Waals surface area contributed by atoms with E-state index in [0.29, 0.717) is 19.5 Å². The van der Waals surface area contributed by atoms with Gasteiger partial charge in [-0.25, -0.2) is 9.79 Å². The van der Waals surface area contributed by atoms with Crippen LogP contribution in [0.3, 0.4) is 0 Å². The van der Waals surface area contributed by atoms with Gasteiger partial charge in [-0.2, -0.15) is 0 Å². The molecule has 0 fully saturated rings. The highest BCUT2D eigenvalue weighted by Gasteiger charge is 2.09. The van der Waals surface area contributed by atoms with Crippen molar-refractivity contribution in [3.05, 3.63) is 0 Å². The lowest BCUT2D eigenvalue weighted by Crippen LogP contribution is -2.29. The maximum absolute atomic E-state index is 10.1. The summed E-state index contributed by atoms with van der Waals surface area (Å²) in [7, 11) is 0. The fraction of sp³-hybridized carbons (Fsp3) is 0.778. The van der Waals surface area contributed by atoms with E-state index >= 15 is 0 Å². The van der Waals surface area contributed by atoms with Crippen LogP contribution in [0.1, 0.15) is 26.2 Å². The quantitative estimate of drug-likeness (QED) is 0.325. The van der Waals surface area contributed by atoms with Crippen molar-refractivity contribution in [2.45, 2.75) is 32.2 Å². The number of nitrogens with zero attached hydrogens (tertiary/aromatic N) is 1. The summed E-state index contributed by atoms with van der Waals surface area (Å²) < 4.78 is 0. The maximum atomic E-state index is 10.1. The van der Waals surface area contributed by atoms with Crippen molar-refractivity contribution < 1.29 is 14.7 Å². The van der Waals surface area contributed by atoms with Crippen LogP contribution >= 0.6 is 0 Å². The minimum atomic E-state index is -0.933. The van der Waals surface area contributed by atoms with Crippen molar-refractivity contribution in [3.63, 3.8) is 0 Å². The molecule has 0 spiro atoms. The zero-order chi connectivity index (χ0) is 12.1. The van der Waals surface area contributed by atoms with Gasteiger partial charge in [0.25, 0.3) is 0 Å². The zero-order valence-electron chi connectivity index (χ0n) is 8.98. The monoisotopic (exact) mass is 217 g/mol. The summed E-state index contributed by atoms with van der Waals surface area (Å²) in [5.74, 6) is -0.933. The largest absolute Gasteiger partial charge is 0.480 e. The molecule has 6 heteroatoms. The lowest BCUT2D eigenvalue weighted by Gasteiger charge is -2.03. The molecule has 0 saturated carbocycles. The lowest BCUT2D eigenvalue weighted by atomic mass is 10.1. The Hall–Kier alpha value is -1.23. The Bertz CT molecular complexity index is 203. The first-order valence-electron chi connectivity index (χ1n) is 4.82. The van der Waals surface area contributed by atoms with E-state index in [1.807, 2.05) is 0 Å². The first-order valence-corrected chi connectivity index (χ1v) is 4.82. The van der Waals surface area contributed by atoms with Crippen LogP contribution in [-0.4, -0.2) is 36.3 Å². The summed E-state index contributed by atoms with van der Waals surface area (Å²) in [4.78, 5) is 22.4. The second-order valence-electron chi connectivity index (χ2n) is 2.79. The van der Waals surface area contributed by atoms with E-state index in [4.69, 9.17) is 21.4 Å². The molecule has 1 atom stereocenters. The third-order valence-corrected chi connectivity index (χ3v) is 1.51. The smallest absolute Gasteiger partial charge is 0.320 e. The molecule has 88 valence electrons. The Kier molecular flexibility index (Phi) is 13.8. The third kappa shape index (κ3) is 15.5. The van der Waals surface area contributed by atoms with Crippen LogP contribution in [0, 0.1) is 0 Å². The highest BCUT2D eigenvalue weighted by molar-refractivity contribution is 5.72. The fourth-order valence-electron chi connectivity index (χ4n) is 0.697. The van der Waals surface area contributed by atoms with Crippen LogP contribution in [-0.2, 0) is 9.59 Å². The number of carboxylic acid groups (broad SMARTS) is 1. The molecule has 0 saturated heterocycles. The van der Waals surface area contributed by atoms with E-state index in [1.54, 1.807) is 6.92 Å². The Labute approximate surface area is 89.4 Å². The summed E-state index contributed by atoms with van der Waals surface area (Å²) >= 11 is 0. The average molecular weight is 217 g/mol. The summed E-state index contributed by atoms with van der Waals surface area (Å²) in [6.45, 7) is 2.93. The molecule has 0 aliphatic rings. The Morgan fingerprint density at radius 1 is 1.53 bits per heavy atom. The van der Waals surface area contributed by atoms with Gasteiger partial charge >= 0.3 is 5.97 Å². The molecule has 0 radical (unpaired) electrons. The van der Waals surface area contributed by atoms with Crippen LogP contribution in [0.15, 0.2) is 4.99 Å². The normalized spacial score (nSPS) is 10.6. The van der Waals surface area contributed by atoms with Crippen LogP contribution in [0.5, 0.6) is 0 Å². The maximum Gasteiger partial charge on any atom is 0.320 e. The highest BCUT2D eigenvalue weighted by atomic mass is 16.4.